The van der Waals surface area contributed by atoms with Gasteiger partial charge in [-0.3, -0.25) is 4.79 Å². The maximum Gasteiger partial charge on any atom is 0.254 e. The molecule has 5 nitrogen and oxygen atoms in total. The predicted molar refractivity (Wildman–Crippen MR) is 99.7 cm³/mol. The molecule has 2 aliphatic rings. The zero-order valence-corrected chi connectivity index (χ0v) is 15.8. The first kappa shape index (κ1) is 19.3. The minimum atomic E-state index is -0.387. The van der Waals surface area contributed by atoms with Crippen molar-refractivity contribution in [3.8, 4) is 0 Å². The molecule has 0 spiro atoms. The van der Waals surface area contributed by atoms with Crippen LogP contribution in [0.1, 0.15) is 22.3 Å². The van der Waals surface area contributed by atoms with Crippen molar-refractivity contribution in [2.75, 3.05) is 59.5 Å². The molecule has 0 aromatic heterocycles. The maximum absolute atomic E-state index is 13.6. The van der Waals surface area contributed by atoms with Crippen LogP contribution in [0.4, 0.5) is 4.39 Å². The molecule has 0 unspecified atom stereocenters. The third-order valence-corrected chi connectivity index (χ3v) is 5.83. The fourth-order valence-electron chi connectivity index (χ4n) is 4.13. The van der Waals surface area contributed by atoms with Gasteiger partial charge in [-0.1, -0.05) is 6.07 Å². The number of benzene rings is 1. The lowest BCUT2D eigenvalue weighted by Crippen LogP contribution is -2.36. The molecule has 1 N–H and O–H groups in total. The standard InChI is InChI=1S/C20H30FN3O2/c1-15-4-5-18(21)10-19(15)20(26)24-12-16(17(13-24)14-25)11-23-7-3-6-22(2)8-9-23/h4-5,10,16-17,25H,3,6-9,11-14H2,1-2H3/t16-,17-/m1/s1. The summed E-state index contributed by atoms with van der Waals surface area (Å²) in [6.07, 6.45) is 1.15. The van der Waals surface area contributed by atoms with Crippen LogP contribution in [0, 0.1) is 24.6 Å². The normalized spacial score (nSPS) is 25.5. The molecule has 2 fully saturated rings. The Labute approximate surface area is 155 Å². The van der Waals surface area contributed by atoms with Gasteiger partial charge in [0.2, 0.25) is 0 Å². The van der Waals surface area contributed by atoms with Gasteiger partial charge in [0.25, 0.3) is 5.91 Å². The monoisotopic (exact) mass is 363 g/mol. The molecule has 2 heterocycles. The van der Waals surface area contributed by atoms with Crippen LogP contribution in [0.5, 0.6) is 0 Å². The molecule has 0 saturated carbocycles. The van der Waals surface area contributed by atoms with Crippen LogP contribution < -0.4 is 0 Å². The fourth-order valence-corrected chi connectivity index (χ4v) is 4.13. The Balaban J connectivity index is 1.66. The van der Waals surface area contributed by atoms with E-state index in [-0.39, 0.29) is 30.2 Å². The first-order valence-corrected chi connectivity index (χ1v) is 9.55. The number of aryl methyl sites for hydroxylation is 1. The van der Waals surface area contributed by atoms with Crippen molar-refractivity contribution in [2.24, 2.45) is 11.8 Å². The molecular weight excluding hydrogens is 333 g/mol. The van der Waals surface area contributed by atoms with Crippen LogP contribution in [0.15, 0.2) is 18.2 Å². The van der Waals surface area contributed by atoms with Crippen LogP contribution >= 0.6 is 0 Å². The molecule has 0 aliphatic carbocycles. The van der Waals surface area contributed by atoms with Gasteiger partial charge in [0, 0.05) is 50.8 Å². The van der Waals surface area contributed by atoms with E-state index in [4.69, 9.17) is 0 Å². The van der Waals surface area contributed by atoms with Gasteiger partial charge in [-0.15, -0.1) is 0 Å². The van der Waals surface area contributed by atoms with E-state index in [0.717, 1.165) is 44.7 Å². The molecule has 0 radical (unpaired) electrons. The summed E-state index contributed by atoms with van der Waals surface area (Å²) in [5.41, 5.74) is 1.22. The van der Waals surface area contributed by atoms with Crippen molar-refractivity contribution in [3.63, 3.8) is 0 Å². The molecule has 1 amide bonds. The molecule has 6 heteroatoms. The Morgan fingerprint density at radius 3 is 2.73 bits per heavy atom. The predicted octanol–water partition coefficient (Wildman–Crippen LogP) is 1.45. The third kappa shape index (κ3) is 4.42. The number of rotatable bonds is 4. The second-order valence-corrected chi connectivity index (χ2v) is 7.83. The van der Waals surface area contributed by atoms with E-state index in [1.54, 1.807) is 11.0 Å². The van der Waals surface area contributed by atoms with Gasteiger partial charge in [-0.2, -0.15) is 0 Å². The lowest BCUT2D eigenvalue weighted by molar-refractivity contribution is 0.0778. The Hall–Kier alpha value is -1.50. The van der Waals surface area contributed by atoms with Crippen molar-refractivity contribution in [2.45, 2.75) is 13.3 Å². The summed E-state index contributed by atoms with van der Waals surface area (Å²) in [4.78, 5) is 19.5. The van der Waals surface area contributed by atoms with E-state index in [1.807, 2.05) is 6.92 Å². The van der Waals surface area contributed by atoms with Crippen molar-refractivity contribution < 1.29 is 14.3 Å². The number of halogens is 1. The SMILES string of the molecule is Cc1ccc(F)cc1C(=O)N1C[C@@H](CN2CCCN(C)CC2)[C@@H](CO)C1. The number of nitrogens with zero attached hydrogens (tertiary/aromatic N) is 3. The van der Waals surface area contributed by atoms with Crippen LogP contribution in [0.2, 0.25) is 0 Å². The zero-order valence-electron chi connectivity index (χ0n) is 15.8. The number of likely N-dealkylation sites (tertiary alicyclic amines) is 1. The zero-order chi connectivity index (χ0) is 18.7. The average Bonchev–Trinajstić information content (AvgIpc) is 2.92. The minimum Gasteiger partial charge on any atom is -0.396 e. The Morgan fingerprint density at radius 2 is 1.96 bits per heavy atom. The van der Waals surface area contributed by atoms with E-state index in [2.05, 4.69) is 16.8 Å². The van der Waals surface area contributed by atoms with Crippen LogP contribution in [0.3, 0.4) is 0 Å². The topological polar surface area (TPSA) is 47.0 Å². The first-order valence-electron chi connectivity index (χ1n) is 9.55. The molecule has 3 rings (SSSR count). The van der Waals surface area contributed by atoms with Gasteiger partial charge in [0.1, 0.15) is 5.82 Å². The molecule has 0 bridgehead atoms. The summed E-state index contributed by atoms with van der Waals surface area (Å²) in [6, 6.07) is 4.35. The number of carbonyl (C=O) groups is 1. The molecule has 1 aromatic carbocycles. The molecule has 2 atom stereocenters. The van der Waals surface area contributed by atoms with E-state index in [9.17, 15) is 14.3 Å². The summed E-state index contributed by atoms with van der Waals surface area (Å²) in [6.45, 7) is 8.27. The van der Waals surface area contributed by atoms with Gasteiger partial charge >= 0.3 is 0 Å². The van der Waals surface area contributed by atoms with E-state index in [1.165, 1.54) is 12.1 Å². The first-order chi connectivity index (χ1) is 12.5. The van der Waals surface area contributed by atoms with Gasteiger partial charge in [0.05, 0.1) is 0 Å². The highest BCUT2D eigenvalue weighted by atomic mass is 19.1. The number of aliphatic hydroxyl groups excluding tert-OH is 1. The number of amides is 1. The van der Waals surface area contributed by atoms with Crippen molar-refractivity contribution in [3.05, 3.63) is 35.1 Å². The van der Waals surface area contributed by atoms with Gasteiger partial charge in [-0.05, 0) is 57.1 Å². The highest BCUT2D eigenvalue weighted by Crippen LogP contribution is 2.27. The number of carbonyl (C=O) groups excluding carboxylic acids is 1. The highest BCUT2D eigenvalue weighted by molar-refractivity contribution is 5.95. The summed E-state index contributed by atoms with van der Waals surface area (Å²) in [7, 11) is 2.15. The van der Waals surface area contributed by atoms with Crippen molar-refractivity contribution >= 4 is 5.91 Å². The largest absolute Gasteiger partial charge is 0.396 e. The number of hydrogen-bond acceptors (Lipinski definition) is 4. The molecule has 26 heavy (non-hydrogen) atoms. The molecular formula is C20H30FN3O2. The lowest BCUT2D eigenvalue weighted by atomic mass is 9.96. The maximum atomic E-state index is 13.6. The average molecular weight is 363 g/mol. The fraction of sp³-hybridized carbons (Fsp3) is 0.650. The van der Waals surface area contributed by atoms with Crippen LogP contribution in [-0.4, -0.2) is 85.2 Å². The molecule has 144 valence electrons. The third-order valence-electron chi connectivity index (χ3n) is 5.83. The Kier molecular flexibility index (Phi) is 6.27. The van der Waals surface area contributed by atoms with Crippen LogP contribution in [-0.2, 0) is 0 Å². The van der Waals surface area contributed by atoms with E-state index >= 15 is 0 Å². The summed E-state index contributed by atoms with van der Waals surface area (Å²) < 4.78 is 13.6. The Morgan fingerprint density at radius 1 is 1.19 bits per heavy atom. The summed E-state index contributed by atoms with van der Waals surface area (Å²) >= 11 is 0. The van der Waals surface area contributed by atoms with E-state index < -0.39 is 0 Å². The minimum absolute atomic E-state index is 0.0876. The molecule has 2 saturated heterocycles. The number of aliphatic hydroxyl groups is 1. The summed E-state index contributed by atoms with van der Waals surface area (Å²) in [5.74, 6) is -0.157. The molecule has 2 aliphatic heterocycles. The highest BCUT2D eigenvalue weighted by Gasteiger charge is 2.36. The van der Waals surface area contributed by atoms with Crippen molar-refractivity contribution in [1.29, 1.82) is 0 Å². The van der Waals surface area contributed by atoms with E-state index in [0.29, 0.717) is 18.7 Å². The second kappa shape index (κ2) is 8.46. The van der Waals surface area contributed by atoms with Gasteiger partial charge in [-0.25, -0.2) is 4.39 Å². The van der Waals surface area contributed by atoms with Gasteiger partial charge < -0.3 is 19.8 Å². The van der Waals surface area contributed by atoms with Crippen LogP contribution in [0.25, 0.3) is 0 Å². The van der Waals surface area contributed by atoms with Crippen molar-refractivity contribution in [1.82, 2.24) is 14.7 Å². The second-order valence-electron chi connectivity index (χ2n) is 7.83. The Bertz CT molecular complexity index is 639. The summed E-state index contributed by atoms with van der Waals surface area (Å²) in [5, 5.41) is 9.81. The van der Waals surface area contributed by atoms with Gasteiger partial charge in [0.15, 0.2) is 0 Å². The number of likely N-dealkylation sites (N-methyl/N-ethyl adjacent to an activating group) is 1. The lowest BCUT2D eigenvalue weighted by Gasteiger charge is -2.26. The molecule has 1 aromatic rings. The number of hydrogen-bond donors (Lipinski definition) is 1. The smallest absolute Gasteiger partial charge is 0.254 e. The quantitative estimate of drug-likeness (QED) is 0.880.